The number of halogens is 2. The number of aliphatic carboxylic acids is 1. The molecule has 1 aromatic rings. The Labute approximate surface area is 92.3 Å². The lowest BCUT2D eigenvalue weighted by Gasteiger charge is -2.14. The molecule has 7 heteroatoms. The molecule has 0 aliphatic heterocycles. The summed E-state index contributed by atoms with van der Waals surface area (Å²) >= 11 is 2.98. The molecule has 2 atom stereocenters. The lowest BCUT2D eigenvalue weighted by Crippen LogP contribution is -2.28. The average Bonchev–Trinajstić information content (AvgIpc) is 2.19. The Morgan fingerprint density at radius 2 is 2.13 bits per heavy atom. The van der Waals surface area contributed by atoms with E-state index >= 15 is 0 Å². The topological polar surface area (TPSA) is 90.7 Å². The molecule has 3 N–H and O–H groups in total. The molecule has 82 valence electrons. The van der Waals surface area contributed by atoms with E-state index in [4.69, 9.17) is 10.2 Å². The van der Waals surface area contributed by atoms with Gasteiger partial charge in [0.05, 0.1) is 0 Å². The zero-order chi connectivity index (χ0) is 11.6. The quantitative estimate of drug-likeness (QED) is 0.700. The van der Waals surface area contributed by atoms with E-state index in [1.165, 1.54) is 0 Å². The van der Waals surface area contributed by atoms with E-state index in [2.05, 4.69) is 20.9 Å². The van der Waals surface area contributed by atoms with Crippen LogP contribution in [0.25, 0.3) is 0 Å². The molecular formula is C8H7BrFNO4. The molecule has 0 amide bonds. The third-order valence-electron chi connectivity index (χ3n) is 1.70. The number of nitrogens with zero attached hydrogens (tertiary/aromatic N) is 1. The van der Waals surface area contributed by atoms with E-state index in [0.29, 0.717) is 4.47 Å². The van der Waals surface area contributed by atoms with Crippen LogP contribution in [0, 0.1) is 5.95 Å². The Bertz CT molecular complexity index is 387. The van der Waals surface area contributed by atoms with Crippen LogP contribution < -0.4 is 0 Å². The van der Waals surface area contributed by atoms with Crippen molar-refractivity contribution in [2.24, 2.45) is 0 Å². The Balaban J connectivity index is 3.04. The van der Waals surface area contributed by atoms with Gasteiger partial charge in [0.1, 0.15) is 6.10 Å². The molecule has 5 nitrogen and oxygen atoms in total. The van der Waals surface area contributed by atoms with Crippen LogP contribution in [0.2, 0.25) is 0 Å². The van der Waals surface area contributed by atoms with E-state index in [9.17, 15) is 14.3 Å². The van der Waals surface area contributed by atoms with Gasteiger partial charge in [0.15, 0.2) is 6.10 Å². The summed E-state index contributed by atoms with van der Waals surface area (Å²) in [6.07, 6.45) is -2.79. The molecule has 0 bridgehead atoms. The van der Waals surface area contributed by atoms with Gasteiger partial charge in [-0.15, -0.1) is 0 Å². The molecule has 0 aromatic carbocycles. The van der Waals surface area contributed by atoms with Gasteiger partial charge in [-0.05, 0) is 22.0 Å². The summed E-state index contributed by atoms with van der Waals surface area (Å²) < 4.78 is 13.4. The standard InChI is InChI=1S/C8H7BrFNO4/c9-3-1-4(7(10)11-2-3)5(12)6(13)8(14)15/h1-2,5-6,12-13H,(H,14,15). The van der Waals surface area contributed by atoms with Gasteiger partial charge >= 0.3 is 5.97 Å². The first-order chi connectivity index (χ1) is 6.93. The average molecular weight is 280 g/mol. The molecule has 0 radical (unpaired) electrons. The number of hydrogen-bond acceptors (Lipinski definition) is 4. The Morgan fingerprint density at radius 3 is 2.67 bits per heavy atom. The van der Waals surface area contributed by atoms with Crippen molar-refractivity contribution in [1.82, 2.24) is 4.98 Å². The van der Waals surface area contributed by atoms with Crippen LogP contribution in [-0.4, -0.2) is 32.4 Å². The minimum atomic E-state index is -2.09. The summed E-state index contributed by atoms with van der Waals surface area (Å²) in [4.78, 5) is 13.6. The van der Waals surface area contributed by atoms with Gasteiger partial charge < -0.3 is 15.3 Å². The minimum Gasteiger partial charge on any atom is -0.479 e. The summed E-state index contributed by atoms with van der Waals surface area (Å²) in [6.45, 7) is 0. The van der Waals surface area contributed by atoms with Crippen LogP contribution in [0.15, 0.2) is 16.7 Å². The van der Waals surface area contributed by atoms with Crippen LogP contribution >= 0.6 is 15.9 Å². The zero-order valence-electron chi connectivity index (χ0n) is 7.26. The maximum Gasteiger partial charge on any atom is 0.335 e. The van der Waals surface area contributed by atoms with Gasteiger partial charge in [0.2, 0.25) is 5.95 Å². The molecule has 0 spiro atoms. The van der Waals surface area contributed by atoms with Crippen molar-refractivity contribution in [3.8, 4) is 0 Å². The maximum atomic E-state index is 13.0. The lowest BCUT2D eigenvalue weighted by molar-refractivity contribution is -0.153. The normalized spacial score (nSPS) is 14.7. The Morgan fingerprint density at radius 1 is 1.53 bits per heavy atom. The first kappa shape index (κ1) is 12.0. The molecule has 0 saturated carbocycles. The van der Waals surface area contributed by atoms with Crippen molar-refractivity contribution in [3.63, 3.8) is 0 Å². The van der Waals surface area contributed by atoms with Crippen molar-refractivity contribution in [3.05, 3.63) is 28.2 Å². The zero-order valence-corrected chi connectivity index (χ0v) is 8.85. The smallest absolute Gasteiger partial charge is 0.335 e. The van der Waals surface area contributed by atoms with Crippen molar-refractivity contribution in [1.29, 1.82) is 0 Å². The van der Waals surface area contributed by atoms with Crippen molar-refractivity contribution in [2.75, 3.05) is 0 Å². The van der Waals surface area contributed by atoms with Crippen molar-refractivity contribution in [2.45, 2.75) is 12.2 Å². The molecular weight excluding hydrogens is 273 g/mol. The largest absolute Gasteiger partial charge is 0.479 e. The summed E-state index contributed by atoms with van der Waals surface area (Å²) in [7, 11) is 0. The first-order valence-electron chi connectivity index (χ1n) is 3.83. The molecule has 2 unspecified atom stereocenters. The van der Waals surface area contributed by atoms with Crippen LogP contribution in [0.1, 0.15) is 11.7 Å². The number of aromatic nitrogens is 1. The highest BCUT2D eigenvalue weighted by Gasteiger charge is 2.28. The molecule has 1 heterocycles. The third kappa shape index (κ3) is 2.71. The number of hydrogen-bond donors (Lipinski definition) is 3. The number of carboxylic acids is 1. The minimum absolute atomic E-state index is 0.371. The van der Waals surface area contributed by atoms with Crippen LogP contribution in [0.4, 0.5) is 4.39 Å². The molecule has 0 saturated heterocycles. The van der Waals surface area contributed by atoms with Gasteiger partial charge in [-0.2, -0.15) is 4.39 Å². The van der Waals surface area contributed by atoms with E-state index in [1.54, 1.807) is 0 Å². The predicted octanol–water partition coefficient (Wildman–Crippen LogP) is 0.462. The fourth-order valence-electron chi connectivity index (χ4n) is 0.951. The summed E-state index contributed by atoms with van der Waals surface area (Å²) in [5, 5.41) is 26.7. The highest BCUT2D eigenvalue weighted by atomic mass is 79.9. The lowest BCUT2D eigenvalue weighted by atomic mass is 10.1. The summed E-state index contributed by atoms with van der Waals surface area (Å²) in [5.41, 5.74) is -0.376. The van der Waals surface area contributed by atoms with Crippen molar-refractivity contribution < 1.29 is 24.5 Å². The number of aliphatic hydroxyl groups is 2. The second-order valence-electron chi connectivity index (χ2n) is 2.76. The molecule has 0 fully saturated rings. The summed E-state index contributed by atoms with van der Waals surface area (Å²) in [5.74, 6) is -2.66. The fraction of sp³-hybridized carbons (Fsp3) is 0.250. The van der Waals surface area contributed by atoms with E-state index < -0.39 is 24.1 Å². The Kier molecular flexibility index (Phi) is 3.72. The van der Waals surface area contributed by atoms with Crippen molar-refractivity contribution >= 4 is 21.9 Å². The monoisotopic (exact) mass is 279 g/mol. The van der Waals surface area contributed by atoms with Gasteiger partial charge in [-0.3, -0.25) is 0 Å². The van der Waals surface area contributed by atoms with Gasteiger partial charge in [-0.25, -0.2) is 9.78 Å². The molecule has 15 heavy (non-hydrogen) atoms. The van der Waals surface area contributed by atoms with Gasteiger partial charge in [-0.1, -0.05) is 0 Å². The van der Waals surface area contributed by atoms with Crippen LogP contribution in [0.5, 0.6) is 0 Å². The van der Waals surface area contributed by atoms with E-state index in [0.717, 1.165) is 12.3 Å². The second kappa shape index (κ2) is 4.65. The predicted molar refractivity (Wildman–Crippen MR) is 50.5 cm³/mol. The second-order valence-corrected chi connectivity index (χ2v) is 3.68. The molecule has 1 aromatic heterocycles. The molecule has 0 aliphatic carbocycles. The third-order valence-corrected chi connectivity index (χ3v) is 2.14. The fourth-order valence-corrected chi connectivity index (χ4v) is 1.30. The van der Waals surface area contributed by atoms with Crippen LogP contribution in [-0.2, 0) is 4.79 Å². The number of aliphatic hydroxyl groups excluding tert-OH is 2. The number of carboxylic acid groups (broad SMARTS) is 1. The number of rotatable bonds is 3. The van der Waals surface area contributed by atoms with Crippen LogP contribution in [0.3, 0.4) is 0 Å². The summed E-state index contributed by atoms with van der Waals surface area (Å²) in [6, 6.07) is 1.15. The first-order valence-corrected chi connectivity index (χ1v) is 4.62. The van der Waals surface area contributed by atoms with E-state index in [1.807, 2.05) is 0 Å². The Hall–Kier alpha value is -1.05. The number of pyridine rings is 1. The molecule has 0 aliphatic rings. The van der Waals surface area contributed by atoms with Gasteiger partial charge in [0, 0.05) is 16.2 Å². The van der Waals surface area contributed by atoms with E-state index in [-0.39, 0.29) is 5.56 Å². The highest BCUT2D eigenvalue weighted by Crippen LogP contribution is 2.22. The van der Waals surface area contributed by atoms with Gasteiger partial charge in [0.25, 0.3) is 0 Å². The molecule has 1 rings (SSSR count). The SMILES string of the molecule is O=C(O)C(O)C(O)c1cc(Br)cnc1F. The highest BCUT2D eigenvalue weighted by molar-refractivity contribution is 9.10. The number of carbonyl (C=O) groups is 1. The maximum absolute atomic E-state index is 13.0.